The molecule has 0 amide bonds. The van der Waals surface area contributed by atoms with Gasteiger partial charge in [-0.3, -0.25) is 32.5 Å². The number of ether oxygens (including phenoxy) is 3. The fraction of sp³-hybridized carbons (Fsp3) is 0.645. The number of esters is 3. The molecule has 0 aliphatic heterocycles. The van der Waals surface area contributed by atoms with Gasteiger partial charge in [0.15, 0.2) is 6.10 Å². The number of carbonyl (C=O) groups excluding carboxylic acids is 3. The normalized spacial score (nSPS) is 14.8. The summed E-state index contributed by atoms with van der Waals surface area (Å²) in [5, 5.41) is 20.7. The number of unbranched alkanes of at least 4 members (excludes halogenated alkanes) is 27. The van der Waals surface area contributed by atoms with Crippen molar-refractivity contribution >= 4 is 33.6 Å². The molecule has 0 radical (unpaired) electrons. The molecule has 0 aliphatic rings. The summed E-state index contributed by atoms with van der Waals surface area (Å²) in [6, 6.07) is 0. The number of phosphoric acid groups is 2. The molecule has 18 heteroatoms. The maximum absolute atomic E-state index is 13.0. The highest BCUT2D eigenvalue weighted by molar-refractivity contribution is 7.47. The van der Waals surface area contributed by atoms with Crippen molar-refractivity contribution in [3.8, 4) is 0 Å². The Morgan fingerprint density at radius 2 is 0.477 bits per heavy atom. The Kier molecular flexibility index (Phi) is 80.0. The highest BCUT2D eigenvalue weighted by Crippen LogP contribution is 2.45. The molecule has 111 heavy (non-hydrogen) atoms. The minimum absolute atomic E-state index is 0.0407. The van der Waals surface area contributed by atoms with Crippen molar-refractivity contribution in [2.45, 2.75) is 347 Å². The Labute approximate surface area is 675 Å². The molecule has 0 fully saturated rings. The van der Waals surface area contributed by atoms with E-state index in [9.17, 15) is 43.5 Å². The molecule has 0 aromatic carbocycles. The first-order chi connectivity index (χ1) is 54.2. The minimum Gasteiger partial charge on any atom is -0.463 e. The van der Waals surface area contributed by atoms with Crippen LogP contribution in [0.2, 0.25) is 0 Å². The zero-order valence-corrected chi connectivity index (χ0v) is 71.1. The van der Waals surface area contributed by atoms with E-state index < -0.39 is 91.5 Å². The van der Waals surface area contributed by atoms with E-state index in [-0.39, 0.29) is 19.3 Å². The second-order valence-corrected chi connectivity index (χ2v) is 31.1. The van der Waals surface area contributed by atoms with Crippen molar-refractivity contribution in [1.82, 2.24) is 0 Å². The Bertz CT molecular complexity index is 2750. The molecule has 0 spiro atoms. The molecule has 4 N–H and O–H groups in total. The van der Waals surface area contributed by atoms with E-state index >= 15 is 0 Å². The molecule has 632 valence electrons. The van der Waals surface area contributed by atoms with Gasteiger partial charge in [0.25, 0.3) is 0 Å². The first-order valence-electron chi connectivity index (χ1n) is 43.1. The molecule has 5 atom stereocenters. The first-order valence-corrected chi connectivity index (χ1v) is 46.1. The third-order valence-electron chi connectivity index (χ3n) is 17.6. The van der Waals surface area contributed by atoms with Crippen LogP contribution < -0.4 is 0 Å². The maximum atomic E-state index is 13.0. The number of allylic oxidation sites excluding steroid dienone is 30. The van der Waals surface area contributed by atoms with Crippen LogP contribution in [0.1, 0.15) is 329 Å². The molecule has 16 nitrogen and oxygen atoms in total. The summed E-state index contributed by atoms with van der Waals surface area (Å²) in [4.78, 5) is 58.8. The predicted molar refractivity (Wildman–Crippen MR) is 463 cm³/mol. The second kappa shape index (κ2) is 84.1. The van der Waals surface area contributed by atoms with Gasteiger partial charge < -0.3 is 34.2 Å². The van der Waals surface area contributed by atoms with Gasteiger partial charge in [0.05, 0.1) is 26.4 Å². The third kappa shape index (κ3) is 85.4. The highest BCUT2D eigenvalue weighted by atomic mass is 31.2. The van der Waals surface area contributed by atoms with Crippen LogP contribution in [0.3, 0.4) is 0 Å². The second-order valence-electron chi connectivity index (χ2n) is 28.2. The van der Waals surface area contributed by atoms with E-state index in [4.69, 9.17) is 32.3 Å². The summed E-state index contributed by atoms with van der Waals surface area (Å²) in [5.41, 5.74) is 0. The van der Waals surface area contributed by atoms with Crippen LogP contribution in [0.25, 0.3) is 0 Å². The number of carbonyl (C=O) groups is 3. The fourth-order valence-corrected chi connectivity index (χ4v) is 12.7. The molecule has 0 bridgehead atoms. The number of hydrogen-bond donors (Lipinski definition) is 4. The molecular weight excluding hydrogens is 1430 g/mol. The summed E-state index contributed by atoms with van der Waals surface area (Å²) in [7, 11) is -9.83. The van der Waals surface area contributed by atoms with Gasteiger partial charge in [0.2, 0.25) is 0 Å². The van der Waals surface area contributed by atoms with Crippen molar-refractivity contribution in [1.29, 1.82) is 0 Å². The van der Waals surface area contributed by atoms with E-state index in [2.05, 4.69) is 203 Å². The Hall–Kier alpha value is -5.35. The number of aliphatic hydroxyl groups is 2. The standard InChI is InChI=1S/C93H154O16P2/c1-4-7-10-13-16-19-22-25-28-31-34-37-39-40-41-42-43-44-45-46-48-51-52-55-58-61-64-67-70-73-76-79-91(96)103-82-88(94)83-105-110(99,100)106-84-89(95)85-107-111(101,102)108-87-90(109-93(98)81-78-75-72-69-66-63-60-57-54-49-36-33-30-27-24-21-18-15-12-9-6-3)86-104-92(97)80-77-74-71-68-65-62-59-56-53-50-47-38-35-32-29-26-23-20-17-14-11-8-5-2/h7,9-10,12,16-21,25-30,34-38,40-41,49-50,53,57,60,66,69,88-90,94-95H,4-6,8,11,13-15,22-24,31-33,39,42-48,51-52,54-56,58-59,61-65,67-68,70-87H2,1-3H3,(H,99,100)(H,101,102)/b10-7-,12-9-,19-16-,20-17-,21-18-,28-25-,29-26-,30-27-,37-34-,38-35-,41-40-,49-36-,53-50-,60-57-,69-66-. The van der Waals surface area contributed by atoms with Crippen LogP contribution in [-0.2, 0) is 55.8 Å². The van der Waals surface area contributed by atoms with Gasteiger partial charge in [-0.1, -0.05) is 331 Å². The van der Waals surface area contributed by atoms with E-state index in [0.717, 1.165) is 161 Å². The summed E-state index contributed by atoms with van der Waals surface area (Å²) >= 11 is 0. The molecule has 0 rings (SSSR count). The molecule has 0 aromatic rings. The number of aliphatic hydroxyl groups excluding tert-OH is 2. The van der Waals surface area contributed by atoms with Crippen molar-refractivity contribution in [3.05, 3.63) is 182 Å². The fourth-order valence-electron chi connectivity index (χ4n) is 11.1. The zero-order valence-electron chi connectivity index (χ0n) is 69.3. The van der Waals surface area contributed by atoms with Gasteiger partial charge in [0.1, 0.15) is 25.4 Å². The van der Waals surface area contributed by atoms with Gasteiger partial charge in [0, 0.05) is 19.3 Å². The summed E-state index contributed by atoms with van der Waals surface area (Å²) < 4.78 is 61.3. The summed E-state index contributed by atoms with van der Waals surface area (Å²) in [6.45, 7) is 2.37. The van der Waals surface area contributed by atoms with Crippen molar-refractivity contribution < 1.29 is 75.8 Å². The maximum Gasteiger partial charge on any atom is 0.472 e. The number of hydrogen-bond acceptors (Lipinski definition) is 14. The zero-order chi connectivity index (χ0) is 80.8. The van der Waals surface area contributed by atoms with Crippen molar-refractivity contribution in [2.24, 2.45) is 0 Å². The molecule has 0 aromatic heterocycles. The van der Waals surface area contributed by atoms with Crippen LogP contribution >= 0.6 is 15.6 Å². The molecule has 0 saturated heterocycles. The van der Waals surface area contributed by atoms with Crippen molar-refractivity contribution in [2.75, 3.05) is 39.6 Å². The van der Waals surface area contributed by atoms with E-state index in [1.165, 1.54) is 103 Å². The average molecular weight is 1590 g/mol. The molecule has 0 heterocycles. The minimum atomic E-state index is -4.96. The van der Waals surface area contributed by atoms with Crippen LogP contribution in [0, 0.1) is 0 Å². The number of rotatable bonds is 80. The lowest BCUT2D eigenvalue weighted by molar-refractivity contribution is -0.161. The third-order valence-corrected chi connectivity index (χ3v) is 19.5. The molecule has 0 saturated carbocycles. The average Bonchev–Trinajstić information content (AvgIpc) is 0.898. The largest absolute Gasteiger partial charge is 0.472 e. The predicted octanol–water partition coefficient (Wildman–Crippen LogP) is 26.1. The van der Waals surface area contributed by atoms with Crippen LogP contribution in [-0.4, -0.2) is 95.9 Å². The van der Waals surface area contributed by atoms with E-state index in [1.807, 2.05) is 0 Å². The van der Waals surface area contributed by atoms with Crippen LogP contribution in [0.15, 0.2) is 182 Å². The highest BCUT2D eigenvalue weighted by Gasteiger charge is 2.29. The lowest BCUT2D eigenvalue weighted by atomic mass is 10.0. The monoisotopic (exact) mass is 1590 g/mol. The van der Waals surface area contributed by atoms with Gasteiger partial charge in [-0.05, 0) is 161 Å². The molecule has 5 unspecified atom stereocenters. The quantitative estimate of drug-likeness (QED) is 0.0146. The lowest BCUT2D eigenvalue weighted by Gasteiger charge is -2.21. The van der Waals surface area contributed by atoms with Gasteiger partial charge in [-0.2, -0.15) is 0 Å². The topological polar surface area (TPSA) is 231 Å². The Balaban J connectivity index is 4.64. The Morgan fingerprint density at radius 3 is 0.775 bits per heavy atom. The van der Waals surface area contributed by atoms with Gasteiger partial charge in [-0.15, -0.1) is 0 Å². The SMILES string of the molecule is CC/C=C\C/C=C\C/C=C\C/C=C\C/C=C\C/C=C\CCCCC(=O)OC(COC(=O)CCCCCCCCC/C=C\C/C=C\C/C=C\C/C=C\CCCCC)COP(=O)(O)OCC(O)COP(=O)(O)OCC(O)COC(=O)CCCCCCCCCCCCCCCCC/C=C\C/C=C\C/C=C\C/C=C\C/C=C\CC. The smallest absolute Gasteiger partial charge is 0.463 e. The molecular formula is C93H154O16P2. The van der Waals surface area contributed by atoms with Gasteiger partial charge >= 0.3 is 33.6 Å². The van der Waals surface area contributed by atoms with Crippen LogP contribution in [0.5, 0.6) is 0 Å². The van der Waals surface area contributed by atoms with Crippen LogP contribution in [0.4, 0.5) is 0 Å². The number of phosphoric ester groups is 2. The molecule has 0 aliphatic carbocycles. The van der Waals surface area contributed by atoms with Crippen molar-refractivity contribution in [3.63, 3.8) is 0 Å². The van der Waals surface area contributed by atoms with E-state index in [1.54, 1.807) is 0 Å². The summed E-state index contributed by atoms with van der Waals surface area (Å²) in [6.07, 6.45) is 109. The van der Waals surface area contributed by atoms with E-state index in [0.29, 0.717) is 25.7 Å². The summed E-state index contributed by atoms with van der Waals surface area (Å²) in [5.74, 6) is -1.64. The van der Waals surface area contributed by atoms with Gasteiger partial charge in [-0.25, -0.2) is 9.13 Å². The lowest BCUT2D eigenvalue weighted by Crippen LogP contribution is -2.30. The first kappa shape index (κ1) is 106. The Morgan fingerprint density at radius 1 is 0.261 bits per heavy atom.